The average Bonchev–Trinajstić information content (AvgIpc) is 2.73. The normalized spacial score (nSPS) is 17.8. The van der Waals surface area contributed by atoms with Crippen LogP contribution in [0.3, 0.4) is 0 Å². The monoisotopic (exact) mass is 382 g/mol. The first-order valence-corrected chi connectivity index (χ1v) is 9.41. The minimum atomic E-state index is -0.314. The third-order valence-electron chi connectivity index (χ3n) is 4.75. The van der Waals surface area contributed by atoms with Gasteiger partial charge in [-0.25, -0.2) is 4.79 Å². The van der Waals surface area contributed by atoms with E-state index in [4.69, 9.17) is 19.3 Å². The van der Waals surface area contributed by atoms with Crippen LogP contribution in [0, 0.1) is 11.8 Å². The van der Waals surface area contributed by atoms with Gasteiger partial charge in [0, 0.05) is 30.2 Å². The first kappa shape index (κ1) is 18.7. The van der Waals surface area contributed by atoms with E-state index in [1.54, 1.807) is 10.6 Å². The summed E-state index contributed by atoms with van der Waals surface area (Å²) in [6.45, 7) is 2.54. The molecule has 1 aromatic heterocycles. The minimum Gasteiger partial charge on any atom is -0.475 e. The molecule has 1 unspecified atom stereocenters. The molecule has 4 rings (SSSR count). The number of ether oxygens (including phenoxy) is 3. The zero-order valence-electron chi connectivity index (χ0n) is 15.5. The van der Waals surface area contributed by atoms with E-state index in [0.717, 1.165) is 28.8 Å². The van der Waals surface area contributed by atoms with Crippen LogP contribution >= 0.6 is 0 Å². The first-order chi connectivity index (χ1) is 13.7. The van der Waals surface area contributed by atoms with Crippen LogP contribution in [0.5, 0.6) is 5.88 Å². The number of rotatable bonds is 4. The Morgan fingerprint density at radius 1 is 1.32 bits per heavy atom. The van der Waals surface area contributed by atoms with Gasteiger partial charge >= 0.3 is 5.69 Å². The molecular weight excluding hydrogens is 360 g/mol. The van der Waals surface area contributed by atoms with Gasteiger partial charge in [-0.3, -0.25) is 4.57 Å². The molecule has 0 amide bonds. The van der Waals surface area contributed by atoms with Gasteiger partial charge in [0.2, 0.25) is 5.88 Å². The number of aryl methyl sites for hydroxylation is 1. The van der Waals surface area contributed by atoms with Crippen LogP contribution in [-0.4, -0.2) is 53.8 Å². The van der Waals surface area contributed by atoms with Gasteiger partial charge in [0.25, 0.3) is 0 Å². The summed E-state index contributed by atoms with van der Waals surface area (Å²) in [6.07, 6.45) is 1.05. The number of aliphatic hydroxyl groups excluding tert-OH is 1. The summed E-state index contributed by atoms with van der Waals surface area (Å²) >= 11 is 0. The number of hydrogen-bond donors (Lipinski definition) is 1. The van der Waals surface area contributed by atoms with E-state index < -0.39 is 0 Å². The zero-order valence-corrected chi connectivity index (χ0v) is 15.5. The minimum absolute atomic E-state index is 0.0576. The Morgan fingerprint density at radius 2 is 2.25 bits per heavy atom. The van der Waals surface area contributed by atoms with E-state index in [1.165, 1.54) is 0 Å². The van der Waals surface area contributed by atoms with Crippen LogP contribution in [0.1, 0.15) is 17.5 Å². The van der Waals surface area contributed by atoms with Crippen molar-refractivity contribution in [1.29, 1.82) is 0 Å². The lowest BCUT2D eigenvalue weighted by molar-refractivity contribution is -0.102. The molecule has 1 saturated heterocycles. The Kier molecular flexibility index (Phi) is 5.72. The van der Waals surface area contributed by atoms with Crippen molar-refractivity contribution in [3.05, 3.63) is 45.9 Å². The molecule has 1 N–H and O–H groups in total. The summed E-state index contributed by atoms with van der Waals surface area (Å²) in [5, 5.41) is 8.86. The summed E-state index contributed by atoms with van der Waals surface area (Å²) in [7, 11) is 0. The Morgan fingerprint density at radius 3 is 3.07 bits per heavy atom. The summed E-state index contributed by atoms with van der Waals surface area (Å²) in [6, 6.07) is 7.75. The first-order valence-electron chi connectivity index (χ1n) is 9.41. The molecule has 2 aromatic rings. The van der Waals surface area contributed by atoms with Gasteiger partial charge in [0.15, 0.2) is 0 Å². The van der Waals surface area contributed by atoms with Crippen molar-refractivity contribution >= 4 is 0 Å². The maximum absolute atomic E-state index is 12.5. The third kappa shape index (κ3) is 4.09. The summed E-state index contributed by atoms with van der Waals surface area (Å²) in [5.74, 6) is 6.29. The fourth-order valence-corrected chi connectivity index (χ4v) is 3.39. The van der Waals surface area contributed by atoms with Crippen molar-refractivity contribution in [2.75, 3.05) is 33.0 Å². The molecule has 0 saturated carbocycles. The maximum Gasteiger partial charge on any atom is 0.351 e. The highest BCUT2D eigenvalue weighted by Crippen LogP contribution is 2.30. The lowest BCUT2D eigenvalue weighted by Crippen LogP contribution is -2.34. The van der Waals surface area contributed by atoms with E-state index in [2.05, 4.69) is 16.8 Å². The predicted octanol–water partition coefficient (Wildman–Crippen LogP) is 0.994. The highest BCUT2D eigenvalue weighted by atomic mass is 16.6. The van der Waals surface area contributed by atoms with E-state index >= 15 is 0 Å². The van der Waals surface area contributed by atoms with Crippen molar-refractivity contribution < 1.29 is 19.3 Å². The Balaban J connectivity index is 1.58. The highest BCUT2D eigenvalue weighted by molar-refractivity contribution is 5.67. The van der Waals surface area contributed by atoms with E-state index in [0.29, 0.717) is 45.3 Å². The Bertz CT molecular complexity index is 967. The van der Waals surface area contributed by atoms with Crippen molar-refractivity contribution in [2.45, 2.75) is 25.5 Å². The molecule has 1 atom stereocenters. The van der Waals surface area contributed by atoms with Crippen LogP contribution < -0.4 is 10.4 Å². The zero-order chi connectivity index (χ0) is 19.3. The van der Waals surface area contributed by atoms with Crippen molar-refractivity contribution in [3.8, 4) is 29.0 Å². The summed E-state index contributed by atoms with van der Waals surface area (Å²) < 4.78 is 18.3. The molecule has 2 aliphatic rings. The number of fused-ring (bicyclic) bond motifs is 3. The largest absolute Gasteiger partial charge is 0.475 e. The topological polar surface area (TPSA) is 82.8 Å². The van der Waals surface area contributed by atoms with E-state index in [1.807, 2.05) is 18.2 Å². The molecule has 28 heavy (non-hydrogen) atoms. The summed E-state index contributed by atoms with van der Waals surface area (Å²) in [4.78, 5) is 16.5. The molecule has 0 bridgehead atoms. The van der Waals surface area contributed by atoms with Crippen molar-refractivity contribution in [2.24, 2.45) is 0 Å². The molecule has 0 aliphatic carbocycles. The third-order valence-corrected chi connectivity index (χ3v) is 4.75. The number of aromatic nitrogens is 2. The Hall–Kier alpha value is -2.66. The van der Waals surface area contributed by atoms with E-state index in [-0.39, 0.29) is 18.4 Å². The molecule has 0 radical (unpaired) electrons. The van der Waals surface area contributed by atoms with Crippen molar-refractivity contribution in [1.82, 2.24) is 9.55 Å². The average molecular weight is 382 g/mol. The SMILES string of the molecule is O=c1nc(OCC2COCCO2)cc2n1CCc1cc(C#CCCO)ccc1-2. The fraction of sp³-hybridized carbons (Fsp3) is 0.429. The lowest BCUT2D eigenvalue weighted by atomic mass is 9.95. The van der Waals surface area contributed by atoms with Gasteiger partial charge in [0.05, 0.1) is 32.1 Å². The molecule has 1 fully saturated rings. The Labute approximate surface area is 162 Å². The lowest BCUT2D eigenvalue weighted by Gasteiger charge is -2.24. The van der Waals surface area contributed by atoms with Crippen LogP contribution in [0.25, 0.3) is 11.3 Å². The van der Waals surface area contributed by atoms with Gasteiger partial charge in [-0.1, -0.05) is 17.9 Å². The number of nitrogens with zero attached hydrogens (tertiary/aromatic N) is 2. The quantitative estimate of drug-likeness (QED) is 0.795. The second-order valence-corrected chi connectivity index (χ2v) is 6.69. The van der Waals surface area contributed by atoms with Crippen molar-refractivity contribution in [3.63, 3.8) is 0 Å². The number of aliphatic hydroxyl groups is 1. The second-order valence-electron chi connectivity index (χ2n) is 6.69. The van der Waals surface area contributed by atoms with E-state index in [9.17, 15) is 4.79 Å². The standard InChI is InChI=1S/C21H22N2O5/c24-8-2-1-3-15-4-5-18-16(11-15)6-7-23-19(18)12-20(22-21(23)25)28-14-17-13-26-9-10-27-17/h4-5,11-12,17,24H,2,6-10,13-14H2. The van der Waals surface area contributed by atoms with Crippen LogP contribution in [-0.2, 0) is 22.4 Å². The molecule has 2 aliphatic heterocycles. The molecule has 1 aromatic carbocycles. The van der Waals surface area contributed by atoms with Crippen LogP contribution in [0.4, 0.5) is 0 Å². The molecule has 7 heteroatoms. The molecule has 0 spiro atoms. The van der Waals surface area contributed by atoms with Crippen LogP contribution in [0.2, 0.25) is 0 Å². The summed E-state index contributed by atoms with van der Waals surface area (Å²) in [5.41, 5.74) is 3.51. The van der Waals surface area contributed by atoms with Gasteiger partial charge < -0.3 is 19.3 Å². The van der Waals surface area contributed by atoms with Gasteiger partial charge in [-0.15, -0.1) is 0 Å². The molecular formula is C21H22N2O5. The fourth-order valence-electron chi connectivity index (χ4n) is 3.39. The number of benzene rings is 1. The molecule has 146 valence electrons. The second kappa shape index (κ2) is 8.57. The van der Waals surface area contributed by atoms with Gasteiger partial charge in [-0.2, -0.15) is 4.98 Å². The highest BCUT2D eigenvalue weighted by Gasteiger charge is 2.20. The molecule has 7 nitrogen and oxygen atoms in total. The van der Waals surface area contributed by atoms with Crippen LogP contribution in [0.15, 0.2) is 29.1 Å². The number of hydrogen-bond acceptors (Lipinski definition) is 6. The van der Waals surface area contributed by atoms with Gasteiger partial charge in [0.1, 0.15) is 12.7 Å². The van der Waals surface area contributed by atoms with Gasteiger partial charge in [-0.05, 0) is 24.1 Å². The predicted molar refractivity (Wildman–Crippen MR) is 102 cm³/mol. The molecule has 3 heterocycles. The maximum atomic E-state index is 12.5. The smallest absolute Gasteiger partial charge is 0.351 e.